The minimum atomic E-state index is -1.23. The highest BCUT2D eigenvalue weighted by Gasteiger charge is 2.40. The van der Waals surface area contributed by atoms with Crippen LogP contribution in [0.2, 0.25) is 0 Å². The molecule has 0 aliphatic rings. The summed E-state index contributed by atoms with van der Waals surface area (Å²) in [5.41, 5.74) is 0.465. The Kier molecular flexibility index (Phi) is 7.48. The monoisotopic (exact) mass is 366 g/mol. The van der Waals surface area contributed by atoms with Gasteiger partial charge in [0.15, 0.2) is 4.87 Å². The van der Waals surface area contributed by atoms with Crippen LogP contribution < -0.4 is 10.6 Å². The number of nitrogens with one attached hydrogen (secondary N) is 2. The minimum Gasteiger partial charge on any atom is -0.464 e. The van der Waals surface area contributed by atoms with Crippen LogP contribution in [0.25, 0.3) is 0 Å². The molecule has 7 heteroatoms. The lowest BCUT2D eigenvalue weighted by molar-refractivity contribution is -0.148. The van der Waals surface area contributed by atoms with Crippen molar-refractivity contribution >= 4 is 29.5 Å². The predicted molar refractivity (Wildman–Crippen MR) is 99.3 cm³/mol. The zero-order chi connectivity index (χ0) is 19.1. The zero-order valence-corrected chi connectivity index (χ0v) is 16.2. The average molecular weight is 366 g/mol. The van der Waals surface area contributed by atoms with Crippen molar-refractivity contribution in [3.05, 3.63) is 35.9 Å². The van der Waals surface area contributed by atoms with E-state index in [1.165, 1.54) is 11.8 Å². The number of carbonyl (C=O) groups is 3. The second kappa shape index (κ2) is 8.89. The molecule has 1 unspecified atom stereocenters. The Morgan fingerprint density at radius 1 is 1.08 bits per heavy atom. The summed E-state index contributed by atoms with van der Waals surface area (Å²) in [4.78, 5) is 35.3. The van der Waals surface area contributed by atoms with E-state index >= 15 is 0 Å². The van der Waals surface area contributed by atoms with Crippen molar-refractivity contribution in [2.24, 2.45) is 0 Å². The predicted octanol–water partition coefficient (Wildman–Crippen LogP) is 2.34. The molecule has 0 aliphatic carbocycles. The van der Waals surface area contributed by atoms with Gasteiger partial charge in [0, 0.05) is 10.3 Å². The summed E-state index contributed by atoms with van der Waals surface area (Å²) in [6.45, 7) is 9.14. The van der Waals surface area contributed by atoms with Crippen molar-refractivity contribution in [1.82, 2.24) is 10.6 Å². The summed E-state index contributed by atoms with van der Waals surface area (Å²) < 4.78 is 4.81. The number of esters is 1. The third-order valence-corrected chi connectivity index (χ3v) is 4.29. The molecule has 1 aromatic carbocycles. The van der Waals surface area contributed by atoms with Gasteiger partial charge in [0.25, 0.3) is 5.91 Å². The number of amides is 2. The van der Waals surface area contributed by atoms with Gasteiger partial charge in [-0.05, 0) is 26.0 Å². The number of ether oxygens (including phenoxy) is 1. The van der Waals surface area contributed by atoms with Gasteiger partial charge in [-0.3, -0.25) is 9.59 Å². The van der Waals surface area contributed by atoms with E-state index in [0.717, 1.165) is 0 Å². The second-order valence-electron chi connectivity index (χ2n) is 6.57. The molecular formula is C18H26N2O4S. The molecule has 0 radical (unpaired) electrons. The first-order valence-electron chi connectivity index (χ1n) is 8.09. The van der Waals surface area contributed by atoms with Gasteiger partial charge in [0.05, 0.1) is 13.2 Å². The molecule has 1 aromatic rings. The largest absolute Gasteiger partial charge is 0.464 e. The van der Waals surface area contributed by atoms with Gasteiger partial charge in [0.1, 0.15) is 0 Å². The number of benzene rings is 1. The molecule has 6 nitrogen and oxygen atoms in total. The molecule has 1 rings (SSSR count). The van der Waals surface area contributed by atoms with Gasteiger partial charge in [-0.2, -0.15) is 0 Å². The summed E-state index contributed by atoms with van der Waals surface area (Å²) in [6, 6.07) is 8.61. The lowest BCUT2D eigenvalue weighted by atomic mass is 10.2. The molecule has 0 bridgehead atoms. The summed E-state index contributed by atoms with van der Waals surface area (Å²) in [6.07, 6.45) is 0. The summed E-state index contributed by atoms with van der Waals surface area (Å²) in [7, 11) is 0. The van der Waals surface area contributed by atoms with E-state index in [1.807, 2.05) is 20.8 Å². The van der Waals surface area contributed by atoms with Crippen LogP contribution in [0, 0.1) is 0 Å². The molecule has 0 fully saturated rings. The molecule has 0 aromatic heterocycles. The lowest BCUT2D eigenvalue weighted by Crippen LogP contribution is -2.54. The van der Waals surface area contributed by atoms with E-state index < -0.39 is 16.7 Å². The molecular weight excluding hydrogens is 340 g/mol. The van der Waals surface area contributed by atoms with Crippen molar-refractivity contribution < 1.29 is 19.1 Å². The van der Waals surface area contributed by atoms with E-state index in [-0.39, 0.29) is 23.8 Å². The van der Waals surface area contributed by atoms with E-state index in [1.54, 1.807) is 44.2 Å². The molecule has 0 saturated carbocycles. The summed E-state index contributed by atoms with van der Waals surface area (Å²) in [5, 5.41) is 5.22. The zero-order valence-electron chi connectivity index (χ0n) is 15.3. The molecule has 0 heterocycles. The molecule has 0 saturated heterocycles. The molecule has 2 N–H and O–H groups in total. The fraction of sp³-hybridized carbons (Fsp3) is 0.500. The van der Waals surface area contributed by atoms with Crippen molar-refractivity contribution in [3.8, 4) is 0 Å². The van der Waals surface area contributed by atoms with Gasteiger partial charge in [0.2, 0.25) is 5.91 Å². The van der Waals surface area contributed by atoms with Crippen LogP contribution in [-0.4, -0.2) is 40.6 Å². The quantitative estimate of drug-likeness (QED) is 0.572. The van der Waals surface area contributed by atoms with Gasteiger partial charge in [-0.1, -0.05) is 39.0 Å². The fourth-order valence-corrected chi connectivity index (χ4v) is 3.69. The Balaban J connectivity index is 2.71. The average Bonchev–Trinajstić information content (AvgIpc) is 2.51. The van der Waals surface area contributed by atoms with Crippen molar-refractivity contribution in [2.75, 3.05) is 13.2 Å². The van der Waals surface area contributed by atoms with E-state index in [0.29, 0.717) is 5.56 Å². The normalized spacial score (nSPS) is 13.5. The van der Waals surface area contributed by atoms with Crippen LogP contribution in [0.1, 0.15) is 45.0 Å². The number of rotatable bonds is 7. The highest BCUT2D eigenvalue weighted by Crippen LogP contribution is 2.35. The summed E-state index contributed by atoms with van der Waals surface area (Å²) >= 11 is 1.29. The maximum absolute atomic E-state index is 12.3. The van der Waals surface area contributed by atoms with Crippen molar-refractivity contribution in [1.29, 1.82) is 0 Å². The van der Waals surface area contributed by atoms with E-state index in [4.69, 9.17) is 4.74 Å². The highest BCUT2D eigenvalue weighted by molar-refractivity contribution is 8.02. The van der Waals surface area contributed by atoms with Crippen molar-refractivity contribution in [2.45, 2.75) is 44.2 Å². The van der Waals surface area contributed by atoms with Gasteiger partial charge < -0.3 is 15.4 Å². The number of hydrogen-bond donors (Lipinski definition) is 2. The highest BCUT2D eigenvalue weighted by atomic mass is 32.2. The maximum atomic E-state index is 12.3. The number of hydrogen-bond acceptors (Lipinski definition) is 5. The molecule has 2 amide bonds. The Bertz CT molecular complexity index is 613. The first-order valence-corrected chi connectivity index (χ1v) is 8.90. The second-order valence-corrected chi connectivity index (χ2v) is 8.81. The topological polar surface area (TPSA) is 84.5 Å². The van der Waals surface area contributed by atoms with Crippen LogP contribution in [0.4, 0.5) is 0 Å². The van der Waals surface area contributed by atoms with E-state index in [2.05, 4.69) is 10.6 Å². The van der Waals surface area contributed by atoms with Crippen LogP contribution in [0.3, 0.4) is 0 Å². The van der Waals surface area contributed by atoms with Crippen LogP contribution in [0.5, 0.6) is 0 Å². The molecule has 138 valence electrons. The number of carbonyl (C=O) groups excluding carboxylic acids is 3. The molecule has 1 atom stereocenters. The smallest absolute Gasteiger partial charge is 0.342 e. The third-order valence-electron chi connectivity index (χ3n) is 3.00. The molecule has 0 aliphatic heterocycles. The lowest BCUT2D eigenvalue weighted by Gasteiger charge is -2.33. The van der Waals surface area contributed by atoms with Crippen molar-refractivity contribution in [3.63, 3.8) is 0 Å². The first-order chi connectivity index (χ1) is 11.6. The van der Waals surface area contributed by atoms with Crippen LogP contribution in [-0.2, 0) is 14.3 Å². The standard InChI is InChI=1S/C18H26N2O4S/c1-6-24-16(23)18(5,25-17(2,3)4)20-14(21)12-19-15(22)13-10-8-7-9-11-13/h7-11H,6,12H2,1-5H3,(H,19,22)(H,20,21). The first kappa shape index (κ1) is 21.0. The fourth-order valence-electron chi connectivity index (χ4n) is 2.16. The van der Waals surface area contributed by atoms with E-state index in [9.17, 15) is 14.4 Å². The van der Waals surface area contributed by atoms with Gasteiger partial charge >= 0.3 is 5.97 Å². The number of thioether (sulfide) groups is 1. The Morgan fingerprint density at radius 2 is 1.68 bits per heavy atom. The van der Waals surface area contributed by atoms with Crippen LogP contribution >= 0.6 is 11.8 Å². The van der Waals surface area contributed by atoms with Crippen LogP contribution in [0.15, 0.2) is 30.3 Å². The van der Waals surface area contributed by atoms with Gasteiger partial charge in [-0.25, -0.2) is 4.79 Å². The van der Waals surface area contributed by atoms with Gasteiger partial charge in [-0.15, -0.1) is 11.8 Å². The Morgan fingerprint density at radius 3 is 2.20 bits per heavy atom. The Labute approximate surface area is 153 Å². The maximum Gasteiger partial charge on any atom is 0.342 e. The minimum absolute atomic E-state index is 0.222. The third kappa shape index (κ3) is 7.17. The molecule has 0 spiro atoms. The summed E-state index contributed by atoms with van der Waals surface area (Å²) in [5.74, 6) is -1.33. The Hall–Kier alpha value is -2.02. The molecule has 25 heavy (non-hydrogen) atoms. The SMILES string of the molecule is CCOC(=O)C(C)(NC(=O)CNC(=O)c1ccccc1)SC(C)(C)C.